The zero-order chi connectivity index (χ0) is 18.4. The maximum atomic E-state index is 13.0. The second-order valence-corrected chi connectivity index (χ2v) is 8.88. The molecule has 134 valence electrons. The van der Waals surface area contributed by atoms with Crippen LogP contribution in [0, 0.1) is 0 Å². The monoisotopic (exact) mass is 386 g/mol. The lowest BCUT2D eigenvalue weighted by atomic mass is 10.1. The molecular weight excluding hydrogens is 368 g/mol. The Hall–Kier alpha value is -2.64. The van der Waals surface area contributed by atoms with E-state index >= 15 is 0 Å². The molecule has 0 spiro atoms. The molecule has 5 nitrogen and oxygen atoms in total. The van der Waals surface area contributed by atoms with Crippen LogP contribution in [0.3, 0.4) is 0 Å². The highest BCUT2D eigenvalue weighted by Crippen LogP contribution is 2.31. The summed E-state index contributed by atoms with van der Waals surface area (Å²) < 4.78 is 26.3. The lowest BCUT2D eigenvalue weighted by Crippen LogP contribution is -2.34. The number of nitrogens with one attached hydrogen (secondary N) is 2. The number of para-hydroxylation sites is 1. The van der Waals surface area contributed by atoms with Gasteiger partial charge in [0.05, 0.1) is 0 Å². The van der Waals surface area contributed by atoms with Crippen LogP contribution in [0.2, 0.25) is 0 Å². The number of benzene rings is 2. The van der Waals surface area contributed by atoms with E-state index in [-0.39, 0.29) is 10.8 Å². The van der Waals surface area contributed by atoms with Crippen molar-refractivity contribution in [3.05, 3.63) is 83.7 Å². The van der Waals surface area contributed by atoms with Crippen molar-refractivity contribution in [3.8, 4) is 0 Å². The van der Waals surface area contributed by atoms with Crippen LogP contribution < -0.4 is 10.6 Å². The van der Waals surface area contributed by atoms with Gasteiger partial charge in [-0.3, -0.25) is 0 Å². The average Bonchev–Trinajstić information content (AvgIpc) is 3.19. The molecule has 3 rings (SSSR count). The van der Waals surface area contributed by atoms with E-state index in [4.69, 9.17) is 0 Å². The van der Waals surface area contributed by atoms with E-state index in [1.54, 1.807) is 53.9 Å². The fourth-order valence-corrected chi connectivity index (χ4v) is 5.39. The highest BCUT2D eigenvalue weighted by molar-refractivity contribution is 7.93. The summed E-state index contributed by atoms with van der Waals surface area (Å²) in [4.78, 5) is 12.1. The summed E-state index contributed by atoms with van der Waals surface area (Å²) in [6, 6.07) is 20.7. The summed E-state index contributed by atoms with van der Waals surface area (Å²) in [5.74, 6) is 0. The Labute approximate surface area is 156 Å². The van der Waals surface area contributed by atoms with Gasteiger partial charge in [-0.1, -0.05) is 54.6 Å². The molecule has 0 saturated heterocycles. The largest absolute Gasteiger partial charge is 0.336 e. The van der Waals surface area contributed by atoms with Crippen LogP contribution in [0.25, 0.3) is 0 Å². The molecule has 7 heteroatoms. The van der Waals surface area contributed by atoms with Gasteiger partial charge < -0.3 is 10.6 Å². The van der Waals surface area contributed by atoms with Crippen molar-refractivity contribution in [1.82, 2.24) is 5.32 Å². The number of anilines is 1. The molecule has 3 aromatic rings. The quantitative estimate of drug-likeness (QED) is 0.670. The second kappa shape index (κ2) is 8.16. The van der Waals surface area contributed by atoms with Gasteiger partial charge in [0.1, 0.15) is 9.46 Å². The van der Waals surface area contributed by atoms with E-state index in [9.17, 15) is 13.2 Å². The van der Waals surface area contributed by atoms with Crippen LogP contribution >= 0.6 is 11.3 Å². The molecule has 0 radical (unpaired) electrons. The van der Waals surface area contributed by atoms with Gasteiger partial charge in [-0.25, -0.2) is 13.2 Å². The Morgan fingerprint density at radius 3 is 2.19 bits per heavy atom. The van der Waals surface area contributed by atoms with Gasteiger partial charge in [0, 0.05) is 12.2 Å². The zero-order valence-corrected chi connectivity index (χ0v) is 15.5. The minimum atomic E-state index is -3.60. The summed E-state index contributed by atoms with van der Waals surface area (Å²) in [7, 11) is -3.60. The topological polar surface area (TPSA) is 75.3 Å². The lowest BCUT2D eigenvalue weighted by Gasteiger charge is -2.18. The molecule has 0 saturated carbocycles. The van der Waals surface area contributed by atoms with E-state index in [1.165, 1.54) is 11.3 Å². The van der Waals surface area contributed by atoms with Crippen molar-refractivity contribution in [2.75, 3.05) is 11.9 Å². The molecule has 1 aromatic heterocycles. The van der Waals surface area contributed by atoms with Gasteiger partial charge in [-0.2, -0.15) is 0 Å². The molecule has 0 fully saturated rings. The number of carbonyl (C=O) groups excluding carboxylic acids is 1. The third-order valence-electron chi connectivity index (χ3n) is 3.80. The Morgan fingerprint density at radius 2 is 1.58 bits per heavy atom. The van der Waals surface area contributed by atoms with Gasteiger partial charge in [-0.15, -0.1) is 11.3 Å². The van der Waals surface area contributed by atoms with Crippen molar-refractivity contribution in [3.63, 3.8) is 0 Å². The SMILES string of the molecule is O=C(NC[C@@H](c1ccccc1)S(=O)(=O)c1cccs1)Nc1ccccc1. The van der Waals surface area contributed by atoms with Gasteiger partial charge >= 0.3 is 6.03 Å². The third-order valence-corrected chi connectivity index (χ3v) is 7.33. The molecule has 1 atom stereocenters. The van der Waals surface area contributed by atoms with Crippen LogP contribution in [0.1, 0.15) is 10.8 Å². The maximum absolute atomic E-state index is 13.0. The molecule has 2 amide bonds. The molecule has 0 unspecified atom stereocenters. The average molecular weight is 386 g/mol. The number of hydrogen-bond donors (Lipinski definition) is 2. The first-order chi connectivity index (χ1) is 12.6. The van der Waals surface area contributed by atoms with E-state index in [1.807, 2.05) is 24.3 Å². The summed E-state index contributed by atoms with van der Waals surface area (Å²) in [5.41, 5.74) is 1.28. The van der Waals surface area contributed by atoms with E-state index in [0.29, 0.717) is 11.3 Å². The summed E-state index contributed by atoms with van der Waals surface area (Å²) >= 11 is 1.17. The first-order valence-electron chi connectivity index (χ1n) is 7.99. The molecule has 0 bridgehead atoms. The van der Waals surface area contributed by atoms with Crippen molar-refractivity contribution in [1.29, 1.82) is 0 Å². The molecule has 26 heavy (non-hydrogen) atoms. The highest BCUT2D eigenvalue weighted by atomic mass is 32.2. The standard InChI is InChI=1S/C19H18N2O3S2/c22-19(21-16-10-5-2-6-11-16)20-14-17(15-8-3-1-4-9-15)26(23,24)18-12-7-13-25-18/h1-13,17H,14H2,(H2,20,21,22)/t17-/m0/s1. The fraction of sp³-hybridized carbons (Fsp3) is 0.105. The second-order valence-electron chi connectivity index (χ2n) is 5.58. The van der Waals surface area contributed by atoms with Crippen molar-refractivity contribution < 1.29 is 13.2 Å². The Balaban J connectivity index is 1.78. The third kappa shape index (κ3) is 4.30. The number of hydrogen-bond acceptors (Lipinski definition) is 4. The Bertz CT molecular complexity index is 941. The van der Waals surface area contributed by atoms with Gasteiger partial charge in [0.2, 0.25) is 0 Å². The van der Waals surface area contributed by atoms with Crippen LogP contribution in [-0.4, -0.2) is 21.0 Å². The van der Waals surface area contributed by atoms with Crippen LogP contribution in [0.4, 0.5) is 10.5 Å². The van der Waals surface area contributed by atoms with Gasteiger partial charge in [0.15, 0.2) is 9.84 Å². The molecule has 1 heterocycles. The van der Waals surface area contributed by atoms with Gasteiger partial charge in [-0.05, 0) is 29.1 Å². The Morgan fingerprint density at radius 1 is 0.923 bits per heavy atom. The first-order valence-corrected chi connectivity index (χ1v) is 10.4. The molecule has 0 aliphatic carbocycles. The van der Waals surface area contributed by atoms with E-state index in [0.717, 1.165) is 0 Å². The first kappa shape index (κ1) is 18.2. The van der Waals surface area contributed by atoms with Crippen molar-refractivity contribution in [2.45, 2.75) is 9.46 Å². The van der Waals surface area contributed by atoms with Crippen molar-refractivity contribution in [2.24, 2.45) is 0 Å². The lowest BCUT2D eigenvalue weighted by molar-refractivity contribution is 0.252. The molecule has 2 aromatic carbocycles. The fourth-order valence-electron chi connectivity index (χ4n) is 2.52. The van der Waals surface area contributed by atoms with Gasteiger partial charge in [0.25, 0.3) is 0 Å². The highest BCUT2D eigenvalue weighted by Gasteiger charge is 2.30. The zero-order valence-electron chi connectivity index (χ0n) is 13.8. The minimum absolute atomic E-state index is 0.0249. The van der Waals surface area contributed by atoms with Crippen LogP contribution in [0.5, 0.6) is 0 Å². The van der Waals surface area contributed by atoms with Crippen molar-refractivity contribution >= 4 is 32.9 Å². The van der Waals surface area contributed by atoms with E-state index < -0.39 is 21.1 Å². The smallest absolute Gasteiger partial charge is 0.319 e. The molecular formula is C19H18N2O3S2. The molecule has 2 N–H and O–H groups in total. The Kier molecular flexibility index (Phi) is 5.70. The van der Waals surface area contributed by atoms with E-state index in [2.05, 4.69) is 10.6 Å². The predicted octanol–water partition coefficient (Wildman–Crippen LogP) is 4.08. The number of thiophene rings is 1. The normalized spacial score (nSPS) is 12.3. The summed E-state index contributed by atoms with van der Waals surface area (Å²) in [6.07, 6.45) is 0. The summed E-state index contributed by atoms with van der Waals surface area (Å²) in [5, 5.41) is 6.24. The maximum Gasteiger partial charge on any atom is 0.319 e. The summed E-state index contributed by atoms with van der Waals surface area (Å²) in [6.45, 7) is -0.0249. The number of urea groups is 1. The number of carbonyl (C=O) groups is 1. The molecule has 0 aliphatic heterocycles. The minimum Gasteiger partial charge on any atom is -0.336 e. The number of rotatable bonds is 6. The van der Waals surface area contributed by atoms with Crippen LogP contribution in [-0.2, 0) is 9.84 Å². The number of sulfone groups is 1. The number of amides is 2. The predicted molar refractivity (Wildman–Crippen MR) is 104 cm³/mol. The van der Waals surface area contributed by atoms with Crippen LogP contribution in [0.15, 0.2) is 82.4 Å². The molecule has 0 aliphatic rings.